The Labute approximate surface area is 130 Å². The van der Waals surface area contributed by atoms with Gasteiger partial charge in [-0.25, -0.2) is 0 Å². The van der Waals surface area contributed by atoms with E-state index in [1.54, 1.807) is 7.11 Å². The van der Waals surface area contributed by atoms with Crippen LogP contribution in [-0.4, -0.2) is 24.7 Å². The minimum Gasteiger partial charge on any atom is -0.496 e. The van der Waals surface area contributed by atoms with Gasteiger partial charge in [-0.15, -0.1) is 0 Å². The van der Waals surface area contributed by atoms with E-state index < -0.39 is 0 Å². The quantitative estimate of drug-likeness (QED) is 0.823. The van der Waals surface area contributed by atoms with Crippen molar-refractivity contribution in [1.29, 1.82) is 0 Å². The molecule has 1 amide bonds. The lowest BCUT2D eigenvalue weighted by Crippen LogP contribution is -2.27. The van der Waals surface area contributed by atoms with Gasteiger partial charge in [0.25, 0.3) is 0 Å². The molecule has 2 rings (SSSR count). The molecule has 2 N–H and O–H groups in total. The monoisotopic (exact) mass is 299 g/mol. The van der Waals surface area contributed by atoms with Gasteiger partial charge in [0.05, 0.1) is 20.1 Å². The summed E-state index contributed by atoms with van der Waals surface area (Å²) < 4.78 is 5.24. The van der Waals surface area contributed by atoms with Crippen molar-refractivity contribution in [3.63, 3.8) is 0 Å². The second-order valence-corrected chi connectivity index (χ2v) is 5.06. The standard InChI is InChI=1S/C18H21NO3/c1-22-17-5-3-2-4-16(17)12-18(21)19-11-10-14-6-8-15(13-20)9-7-14/h2-9,20H,10-13H2,1H3,(H,19,21). The highest BCUT2D eigenvalue weighted by molar-refractivity contribution is 5.79. The maximum atomic E-state index is 12.0. The molecule has 2 aromatic carbocycles. The van der Waals surface area contributed by atoms with Crippen LogP contribution in [0.2, 0.25) is 0 Å². The van der Waals surface area contributed by atoms with Crippen LogP contribution >= 0.6 is 0 Å². The number of carbonyl (C=O) groups is 1. The number of carbonyl (C=O) groups excluding carboxylic acids is 1. The molecule has 0 aliphatic carbocycles. The Morgan fingerprint density at radius 1 is 1.09 bits per heavy atom. The highest BCUT2D eigenvalue weighted by Crippen LogP contribution is 2.17. The lowest BCUT2D eigenvalue weighted by molar-refractivity contribution is -0.120. The van der Waals surface area contributed by atoms with Gasteiger partial charge < -0.3 is 15.2 Å². The molecule has 0 atom stereocenters. The van der Waals surface area contributed by atoms with Crippen LogP contribution in [0.15, 0.2) is 48.5 Å². The number of rotatable bonds is 7. The topological polar surface area (TPSA) is 58.6 Å². The van der Waals surface area contributed by atoms with E-state index >= 15 is 0 Å². The molecule has 0 radical (unpaired) electrons. The van der Waals surface area contributed by atoms with Gasteiger partial charge in [-0.1, -0.05) is 42.5 Å². The third-order valence-electron chi connectivity index (χ3n) is 3.48. The van der Waals surface area contributed by atoms with E-state index in [0.29, 0.717) is 13.0 Å². The third-order valence-corrected chi connectivity index (χ3v) is 3.48. The summed E-state index contributed by atoms with van der Waals surface area (Å²) in [5, 5.41) is 11.9. The first kappa shape index (κ1) is 16.0. The Morgan fingerprint density at radius 3 is 2.45 bits per heavy atom. The number of nitrogens with one attached hydrogen (secondary N) is 1. The van der Waals surface area contributed by atoms with E-state index in [2.05, 4.69) is 5.32 Å². The minimum atomic E-state index is -0.0171. The first-order valence-electron chi connectivity index (χ1n) is 7.30. The van der Waals surface area contributed by atoms with Crippen molar-refractivity contribution in [2.45, 2.75) is 19.4 Å². The van der Waals surface area contributed by atoms with Crippen LogP contribution in [0.1, 0.15) is 16.7 Å². The molecule has 4 heteroatoms. The van der Waals surface area contributed by atoms with Crippen LogP contribution in [-0.2, 0) is 24.2 Å². The number of amides is 1. The summed E-state index contributed by atoms with van der Waals surface area (Å²) in [6.07, 6.45) is 1.08. The lowest BCUT2D eigenvalue weighted by Gasteiger charge is -2.09. The van der Waals surface area contributed by atoms with E-state index in [1.165, 1.54) is 0 Å². The second kappa shape index (κ2) is 8.20. The number of aliphatic hydroxyl groups excluding tert-OH is 1. The predicted octanol–water partition coefficient (Wildman–Crippen LogP) is 2.09. The molecule has 0 unspecified atom stereocenters. The zero-order chi connectivity index (χ0) is 15.8. The van der Waals surface area contributed by atoms with Gasteiger partial charge in [0.15, 0.2) is 0 Å². The second-order valence-electron chi connectivity index (χ2n) is 5.06. The minimum absolute atomic E-state index is 0.0171. The normalized spacial score (nSPS) is 10.3. The Hall–Kier alpha value is -2.33. The molecule has 0 fully saturated rings. The number of hydrogen-bond donors (Lipinski definition) is 2. The van der Waals surface area contributed by atoms with Gasteiger partial charge >= 0.3 is 0 Å². The molecule has 0 aliphatic rings. The summed E-state index contributed by atoms with van der Waals surface area (Å²) in [5.41, 5.74) is 2.91. The van der Waals surface area contributed by atoms with Gasteiger partial charge in [0.2, 0.25) is 5.91 Å². The maximum absolute atomic E-state index is 12.0. The molecule has 116 valence electrons. The maximum Gasteiger partial charge on any atom is 0.224 e. The Bertz CT molecular complexity index is 608. The van der Waals surface area contributed by atoms with Crippen molar-refractivity contribution in [2.75, 3.05) is 13.7 Å². The number of methoxy groups -OCH3 is 1. The summed E-state index contributed by atoms with van der Waals surface area (Å²) >= 11 is 0. The Morgan fingerprint density at radius 2 is 1.77 bits per heavy atom. The Kier molecular flexibility index (Phi) is 5.98. The number of ether oxygens (including phenoxy) is 1. The van der Waals surface area contributed by atoms with Crippen molar-refractivity contribution >= 4 is 5.91 Å². The average Bonchev–Trinajstić information content (AvgIpc) is 2.56. The smallest absolute Gasteiger partial charge is 0.224 e. The number of hydrogen-bond acceptors (Lipinski definition) is 3. The van der Waals surface area contributed by atoms with Gasteiger partial charge in [-0.3, -0.25) is 4.79 Å². The highest BCUT2D eigenvalue weighted by Gasteiger charge is 2.07. The molecule has 0 bridgehead atoms. The fourth-order valence-electron chi connectivity index (χ4n) is 2.24. The zero-order valence-electron chi connectivity index (χ0n) is 12.7. The fourth-order valence-corrected chi connectivity index (χ4v) is 2.24. The number of aliphatic hydroxyl groups is 1. The first-order chi connectivity index (χ1) is 10.7. The van der Waals surface area contributed by atoms with E-state index in [-0.39, 0.29) is 12.5 Å². The lowest BCUT2D eigenvalue weighted by atomic mass is 10.1. The molecule has 0 spiro atoms. The summed E-state index contributed by atoms with van der Waals surface area (Å²) in [5.74, 6) is 0.716. The van der Waals surface area contributed by atoms with Gasteiger partial charge in [-0.2, -0.15) is 0 Å². The van der Waals surface area contributed by atoms with Crippen LogP contribution in [0.25, 0.3) is 0 Å². The number of para-hydroxylation sites is 1. The van der Waals surface area contributed by atoms with E-state index in [0.717, 1.165) is 28.9 Å². The number of benzene rings is 2. The summed E-state index contributed by atoms with van der Waals surface area (Å²) in [6.45, 7) is 0.641. The van der Waals surface area contributed by atoms with Crippen LogP contribution in [0.5, 0.6) is 5.75 Å². The van der Waals surface area contributed by atoms with Gasteiger partial charge in [0.1, 0.15) is 5.75 Å². The van der Waals surface area contributed by atoms with E-state index in [1.807, 2.05) is 48.5 Å². The van der Waals surface area contributed by atoms with E-state index in [4.69, 9.17) is 9.84 Å². The summed E-state index contributed by atoms with van der Waals surface area (Å²) in [4.78, 5) is 12.0. The molecular formula is C18H21NO3. The Balaban J connectivity index is 1.80. The van der Waals surface area contributed by atoms with Crippen molar-refractivity contribution in [3.05, 3.63) is 65.2 Å². The van der Waals surface area contributed by atoms with Crippen molar-refractivity contribution in [3.8, 4) is 5.75 Å². The molecule has 0 aliphatic heterocycles. The van der Waals surface area contributed by atoms with Crippen LogP contribution in [0.3, 0.4) is 0 Å². The SMILES string of the molecule is COc1ccccc1CC(=O)NCCc1ccc(CO)cc1. The molecule has 2 aromatic rings. The van der Waals surface area contributed by atoms with Gasteiger partial charge in [0, 0.05) is 12.1 Å². The molecule has 22 heavy (non-hydrogen) atoms. The van der Waals surface area contributed by atoms with Crippen LogP contribution < -0.4 is 10.1 Å². The summed E-state index contributed by atoms with van der Waals surface area (Å²) in [7, 11) is 1.60. The van der Waals surface area contributed by atoms with Crippen molar-refractivity contribution in [2.24, 2.45) is 0 Å². The fraction of sp³-hybridized carbons (Fsp3) is 0.278. The van der Waals surface area contributed by atoms with Crippen LogP contribution in [0, 0.1) is 0 Å². The zero-order valence-corrected chi connectivity index (χ0v) is 12.7. The average molecular weight is 299 g/mol. The molecule has 0 aromatic heterocycles. The molecule has 4 nitrogen and oxygen atoms in total. The van der Waals surface area contributed by atoms with Gasteiger partial charge in [-0.05, 0) is 23.6 Å². The largest absolute Gasteiger partial charge is 0.496 e. The summed E-state index contributed by atoms with van der Waals surface area (Å²) in [6, 6.07) is 15.3. The molecular weight excluding hydrogens is 278 g/mol. The molecule has 0 saturated carbocycles. The molecule has 0 saturated heterocycles. The predicted molar refractivity (Wildman–Crippen MR) is 85.8 cm³/mol. The first-order valence-corrected chi connectivity index (χ1v) is 7.30. The highest BCUT2D eigenvalue weighted by atomic mass is 16.5. The van der Waals surface area contributed by atoms with Crippen molar-refractivity contribution < 1.29 is 14.6 Å². The van der Waals surface area contributed by atoms with Crippen LogP contribution in [0.4, 0.5) is 0 Å². The molecule has 0 heterocycles. The third kappa shape index (κ3) is 4.60. The van der Waals surface area contributed by atoms with E-state index in [9.17, 15) is 4.79 Å². The van der Waals surface area contributed by atoms with Crippen molar-refractivity contribution in [1.82, 2.24) is 5.32 Å².